The number of carbonyl (C=O) groups excluding carboxylic acids is 1. The van der Waals surface area contributed by atoms with Gasteiger partial charge in [0.2, 0.25) is 5.91 Å². The van der Waals surface area contributed by atoms with Gasteiger partial charge >= 0.3 is 0 Å². The highest BCUT2D eigenvalue weighted by Gasteiger charge is 2.22. The standard InChI is InChI=1S/C17H26N2OS/c1-13-4-6-14(7-5-13)17(2,3)12-19-16(20)10-15-11-21-9-8-18-15/h4-7,15,18H,8-12H2,1-3H3,(H,19,20). The second-order valence-electron chi connectivity index (χ2n) is 6.46. The number of nitrogens with one attached hydrogen (secondary N) is 2. The first kappa shape index (κ1) is 16.4. The molecule has 0 bridgehead atoms. The average molecular weight is 306 g/mol. The Morgan fingerprint density at radius 2 is 2.10 bits per heavy atom. The highest BCUT2D eigenvalue weighted by atomic mass is 32.2. The molecule has 1 aliphatic heterocycles. The summed E-state index contributed by atoms with van der Waals surface area (Å²) in [7, 11) is 0. The minimum atomic E-state index is -0.0435. The van der Waals surface area contributed by atoms with E-state index in [0.29, 0.717) is 19.0 Å². The Kier molecular flexibility index (Phi) is 5.71. The summed E-state index contributed by atoms with van der Waals surface area (Å²) in [6, 6.07) is 8.89. The summed E-state index contributed by atoms with van der Waals surface area (Å²) >= 11 is 1.92. The number of aryl methyl sites for hydroxylation is 1. The fourth-order valence-electron chi connectivity index (χ4n) is 2.47. The Hall–Kier alpha value is -1.00. The summed E-state index contributed by atoms with van der Waals surface area (Å²) in [5.41, 5.74) is 2.48. The van der Waals surface area contributed by atoms with Crippen LogP contribution in [-0.4, -0.2) is 36.5 Å². The van der Waals surface area contributed by atoms with Crippen LogP contribution in [0.1, 0.15) is 31.4 Å². The zero-order valence-corrected chi connectivity index (χ0v) is 14.1. The zero-order chi connectivity index (χ0) is 15.3. The molecule has 116 valence electrons. The van der Waals surface area contributed by atoms with E-state index in [1.807, 2.05) is 11.8 Å². The van der Waals surface area contributed by atoms with E-state index in [9.17, 15) is 4.79 Å². The van der Waals surface area contributed by atoms with Gasteiger partial charge in [0.25, 0.3) is 0 Å². The SMILES string of the molecule is Cc1ccc(C(C)(C)CNC(=O)CC2CSCCN2)cc1. The van der Waals surface area contributed by atoms with E-state index < -0.39 is 0 Å². The number of hydrogen-bond donors (Lipinski definition) is 2. The largest absolute Gasteiger partial charge is 0.355 e. The second kappa shape index (κ2) is 7.32. The number of carbonyl (C=O) groups is 1. The molecular weight excluding hydrogens is 280 g/mol. The molecule has 1 aromatic carbocycles. The molecule has 0 radical (unpaired) electrons. The fourth-order valence-corrected chi connectivity index (χ4v) is 3.42. The van der Waals surface area contributed by atoms with Crippen molar-refractivity contribution in [1.29, 1.82) is 0 Å². The van der Waals surface area contributed by atoms with Gasteiger partial charge in [0.05, 0.1) is 0 Å². The van der Waals surface area contributed by atoms with Crippen molar-refractivity contribution in [3.05, 3.63) is 35.4 Å². The molecule has 4 heteroatoms. The van der Waals surface area contributed by atoms with Crippen molar-refractivity contribution < 1.29 is 4.79 Å². The van der Waals surface area contributed by atoms with Crippen molar-refractivity contribution in [3.8, 4) is 0 Å². The molecule has 2 N–H and O–H groups in total. The second-order valence-corrected chi connectivity index (χ2v) is 7.61. The summed E-state index contributed by atoms with van der Waals surface area (Å²) in [6.45, 7) is 8.12. The third kappa shape index (κ3) is 5.04. The van der Waals surface area contributed by atoms with Crippen molar-refractivity contribution in [1.82, 2.24) is 10.6 Å². The van der Waals surface area contributed by atoms with Crippen molar-refractivity contribution in [2.45, 2.75) is 38.6 Å². The lowest BCUT2D eigenvalue weighted by atomic mass is 9.84. The molecule has 3 nitrogen and oxygen atoms in total. The van der Waals surface area contributed by atoms with E-state index in [4.69, 9.17) is 0 Å². The predicted molar refractivity (Wildman–Crippen MR) is 90.9 cm³/mol. The van der Waals surface area contributed by atoms with Crippen LogP contribution in [0.3, 0.4) is 0 Å². The lowest BCUT2D eigenvalue weighted by molar-refractivity contribution is -0.121. The molecule has 0 aliphatic carbocycles. The lowest BCUT2D eigenvalue weighted by Crippen LogP contribution is -2.43. The number of thioether (sulfide) groups is 1. The predicted octanol–water partition coefficient (Wildman–Crippen LogP) is 2.48. The highest BCUT2D eigenvalue weighted by Crippen LogP contribution is 2.22. The topological polar surface area (TPSA) is 41.1 Å². The first-order chi connectivity index (χ1) is 9.97. The van der Waals surface area contributed by atoms with Gasteiger partial charge in [-0.25, -0.2) is 0 Å². The quantitative estimate of drug-likeness (QED) is 0.878. The van der Waals surface area contributed by atoms with E-state index >= 15 is 0 Å². The number of hydrogen-bond acceptors (Lipinski definition) is 3. The van der Waals surface area contributed by atoms with Crippen molar-refractivity contribution in [2.24, 2.45) is 0 Å². The van der Waals surface area contributed by atoms with Gasteiger partial charge < -0.3 is 10.6 Å². The molecule has 1 amide bonds. The summed E-state index contributed by atoms with van der Waals surface area (Å²) in [6.07, 6.45) is 0.580. The van der Waals surface area contributed by atoms with Crippen LogP contribution in [0.2, 0.25) is 0 Å². The first-order valence-corrected chi connectivity index (χ1v) is 8.78. The normalized spacial score (nSPS) is 19.3. The van der Waals surface area contributed by atoms with Crippen LogP contribution >= 0.6 is 11.8 Å². The van der Waals surface area contributed by atoms with E-state index in [1.54, 1.807) is 0 Å². The molecule has 1 aromatic rings. The molecule has 0 spiro atoms. The van der Waals surface area contributed by atoms with Crippen LogP contribution in [0.15, 0.2) is 24.3 Å². The number of benzene rings is 1. The van der Waals surface area contributed by atoms with Gasteiger partial charge in [0.15, 0.2) is 0 Å². The van der Waals surface area contributed by atoms with Crippen molar-refractivity contribution in [2.75, 3.05) is 24.6 Å². The zero-order valence-electron chi connectivity index (χ0n) is 13.2. The van der Waals surface area contributed by atoms with E-state index in [0.717, 1.165) is 18.1 Å². The molecule has 0 aromatic heterocycles. The highest BCUT2D eigenvalue weighted by molar-refractivity contribution is 7.99. The summed E-state index contributed by atoms with van der Waals surface area (Å²) in [5.74, 6) is 2.34. The summed E-state index contributed by atoms with van der Waals surface area (Å²) in [4.78, 5) is 12.1. The molecule has 1 aliphatic rings. The molecule has 21 heavy (non-hydrogen) atoms. The van der Waals surface area contributed by atoms with Gasteiger partial charge in [-0.05, 0) is 12.5 Å². The molecule has 1 fully saturated rings. The van der Waals surface area contributed by atoms with Crippen molar-refractivity contribution in [3.63, 3.8) is 0 Å². The third-order valence-electron chi connectivity index (χ3n) is 3.99. The van der Waals surface area contributed by atoms with Crippen LogP contribution in [0, 0.1) is 6.92 Å². The van der Waals surface area contributed by atoms with Crippen LogP contribution in [0.4, 0.5) is 0 Å². The number of amides is 1. The van der Waals surface area contributed by atoms with Gasteiger partial charge in [0.1, 0.15) is 0 Å². The van der Waals surface area contributed by atoms with E-state index in [2.05, 4.69) is 55.7 Å². The van der Waals surface area contributed by atoms with E-state index in [-0.39, 0.29) is 11.3 Å². The molecular formula is C17H26N2OS. The Morgan fingerprint density at radius 3 is 2.71 bits per heavy atom. The van der Waals surface area contributed by atoms with Crippen LogP contribution < -0.4 is 10.6 Å². The Morgan fingerprint density at radius 1 is 1.38 bits per heavy atom. The van der Waals surface area contributed by atoms with Crippen LogP contribution in [-0.2, 0) is 10.2 Å². The Labute approximate surface area is 132 Å². The van der Waals surface area contributed by atoms with E-state index in [1.165, 1.54) is 11.1 Å². The molecule has 1 heterocycles. The van der Waals surface area contributed by atoms with Gasteiger partial charge in [-0.2, -0.15) is 11.8 Å². The maximum absolute atomic E-state index is 12.1. The lowest BCUT2D eigenvalue weighted by Gasteiger charge is -2.27. The molecule has 1 unspecified atom stereocenters. The summed E-state index contributed by atoms with van der Waals surface area (Å²) in [5, 5.41) is 6.50. The Balaban J connectivity index is 1.82. The number of rotatable bonds is 5. The molecule has 2 rings (SSSR count). The fraction of sp³-hybridized carbons (Fsp3) is 0.588. The monoisotopic (exact) mass is 306 g/mol. The third-order valence-corrected chi connectivity index (χ3v) is 5.12. The molecule has 1 atom stereocenters. The average Bonchev–Trinajstić information content (AvgIpc) is 2.47. The Bertz CT molecular complexity index is 464. The molecule has 1 saturated heterocycles. The van der Waals surface area contributed by atoms with Crippen LogP contribution in [0.5, 0.6) is 0 Å². The van der Waals surface area contributed by atoms with Gasteiger partial charge in [-0.3, -0.25) is 4.79 Å². The minimum absolute atomic E-state index is 0.0435. The minimum Gasteiger partial charge on any atom is -0.355 e. The maximum atomic E-state index is 12.1. The van der Waals surface area contributed by atoms with Crippen LogP contribution in [0.25, 0.3) is 0 Å². The first-order valence-electron chi connectivity index (χ1n) is 7.62. The van der Waals surface area contributed by atoms with Gasteiger partial charge in [-0.15, -0.1) is 0 Å². The van der Waals surface area contributed by atoms with Crippen molar-refractivity contribution >= 4 is 17.7 Å². The smallest absolute Gasteiger partial charge is 0.221 e. The van der Waals surface area contributed by atoms with Gasteiger partial charge in [0, 0.05) is 42.5 Å². The maximum Gasteiger partial charge on any atom is 0.221 e. The summed E-state index contributed by atoms with van der Waals surface area (Å²) < 4.78 is 0. The molecule has 0 saturated carbocycles. The van der Waals surface area contributed by atoms with Gasteiger partial charge in [-0.1, -0.05) is 43.7 Å².